The third-order valence-electron chi connectivity index (χ3n) is 3.76. The van der Waals surface area contributed by atoms with Crippen LogP contribution in [0.15, 0.2) is 0 Å². The van der Waals surface area contributed by atoms with E-state index in [4.69, 9.17) is 10.5 Å². The standard InChI is InChI=1S/C13H26N2O2/c1-15(11-7-5-3-4-6-8-11)13(16)9-12(10-14)17-2/h11-12H,3-10,14H2,1-2H3. The molecule has 0 spiro atoms. The largest absolute Gasteiger partial charge is 0.380 e. The van der Waals surface area contributed by atoms with Gasteiger partial charge in [0.25, 0.3) is 0 Å². The molecule has 17 heavy (non-hydrogen) atoms. The second kappa shape index (κ2) is 7.67. The normalized spacial score (nSPS) is 19.7. The summed E-state index contributed by atoms with van der Waals surface area (Å²) in [5.74, 6) is 0.161. The molecule has 100 valence electrons. The minimum absolute atomic E-state index is 0.143. The lowest BCUT2D eigenvalue weighted by Gasteiger charge is -2.28. The summed E-state index contributed by atoms with van der Waals surface area (Å²) < 4.78 is 5.16. The highest BCUT2D eigenvalue weighted by Gasteiger charge is 2.22. The first kappa shape index (κ1) is 14.5. The molecule has 0 radical (unpaired) electrons. The van der Waals surface area contributed by atoms with E-state index in [0.29, 0.717) is 19.0 Å². The van der Waals surface area contributed by atoms with E-state index < -0.39 is 0 Å². The maximum atomic E-state index is 12.1. The second-order valence-electron chi connectivity index (χ2n) is 4.95. The summed E-state index contributed by atoms with van der Waals surface area (Å²) in [5.41, 5.74) is 5.54. The van der Waals surface area contributed by atoms with E-state index in [-0.39, 0.29) is 12.0 Å². The Kier molecular flexibility index (Phi) is 6.52. The number of methoxy groups -OCH3 is 1. The number of hydrogen-bond donors (Lipinski definition) is 1. The molecule has 1 fully saturated rings. The van der Waals surface area contributed by atoms with Gasteiger partial charge < -0.3 is 15.4 Å². The maximum Gasteiger partial charge on any atom is 0.225 e. The monoisotopic (exact) mass is 242 g/mol. The van der Waals surface area contributed by atoms with Gasteiger partial charge in [0.1, 0.15) is 0 Å². The summed E-state index contributed by atoms with van der Waals surface area (Å²) in [4.78, 5) is 14.0. The third-order valence-corrected chi connectivity index (χ3v) is 3.76. The van der Waals surface area contributed by atoms with Crippen LogP contribution in [0.5, 0.6) is 0 Å². The van der Waals surface area contributed by atoms with E-state index in [1.807, 2.05) is 11.9 Å². The first-order valence-electron chi connectivity index (χ1n) is 6.67. The minimum Gasteiger partial charge on any atom is -0.380 e. The molecule has 1 atom stereocenters. The van der Waals surface area contributed by atoms with Crippen molar-refractivity contribution in [3.05, 3.63) is 0 Å². The summed E-state index contributed by atoms with van der Waals surface area (Å²) in [6, 6.07) is 0.417. The van der Waals surface area contributed by atoms with Crippen molar-refractivity contribution in [1.82, 2.24) is 4.90 Å². The summed E-state index contributed by atoms with van der Waals surface area (Å²) in [7, 11) is 3.53. The highest BCUT2D eigenvalue weighted by atomic mass is 16.5. The van der Waals surface area contributed by atoms with Gasteiger partial charge in [0.2, 0.25) is 5.91 Å². The number of amides is 1. The van der Waals surface area contributed by atoms with Gasteiger partial charge in [-0.25, -0.2) is 0 Å². The molecule has 0 bridgehead atoms. The van der Waals surface area contributed by atoms with Crippen LogP contribution in [0, 0.1) is 0 Å². The Bertz CT molecular complexity index is 221. The molecule has 4 nitrogen and oxygen atoms in total. The van der Waals surface area contributed by atoms with E-state index >= 15 is 0 Å². The number of nitrogens with zero attached hydrogens (tertiary/aromatic N) is 1. The number of carbonyl (C=O) groups excluding carboxylic acids is 1. The van der Waals surface area contributed by atoms with Gasteiger partial charge in [0.05, 0.1) is 12.5 Å². The summed E-state index contributed by atoms with van der Waals surface area (Å²) >= 11 is 0. The molecular formula is C13H26N2O2. The molecule has 1 amide bonds. The molecule has 1 aliphatic rings. The Morgan fingerprint density at radius 2 is 1.94 bits per heavy atom. The minimum atomic E-state index is -0.143. The van der Waals surface area contributed by atoms with E-state index in [0.717, 1.165) is 12.8 Å². The Morgan fingerprint density at radius 3 is 2.41 bits per heavy atom. The van der Waals surface area contributed by atoms with Crippen LogP contribution in [0.4, 0.5) is 0 Å². The van der Waals surface area contributed by atoms with Crippen LogP contribution in [0.3, 0.4) is 0 Å². The first-order valence-corrected chi connectivity index (χ1v) is 6.67. The van der Waals surface area contributed by atoms with Crippen LogP contribution in [0.2, 0.25) is 0 Å². The molecule has 0 aromatic heterocycles. The number of nitrogens with two attached hydrogens (primary N) is 1. The van der Waals surface area contributed by atoms with Gasteiger partial charge in [-0.2, -0.15) is 0 Å². The van der Waals surface area contributed by atoms with Gasteiger partial charge in [-0.1, -0.05) is 25.7 Å². The average Bonchev–Trinajstić information content (AvgIpc) is 2.63. The number of carbonyl (C=O) groups is 1. The van der Waals surface area contributed by atoms with Gasteiger partial charge in [-0.3, -0.25) is 4.79 Å². The van der Waals surface area contributed by atoms with Crippen LogP contribution >= 0.6 is 0 Å². The topological polar surface area (TPSA) is 55.6 Å². The number of hydrogen-bond acceptors (Lipinski definition) is 3. The van der Waals surface area contributed by atoms with Crippen LogP contribution in [-0.4, -0.2) is 43.7 Å². The zero-order valence-corrected chi connectivity index (χ0v) is 11.2. The summed E-state index contributed by atoms with van der Waals surface area (Å²) in [6.07, 6.45) is 7.64. The Labute approximate surface area is 104 Å². The second-order valence-corrected chi connectivity index (χ2v) is 4.95. The first-order chi connectivity index (χ1) is 8.19. The predicted molar refractivity (Wildman–Crippen MR) is 68.7 cm³/mol. The van der Waals surface area contributed by atoms with Crippen molar-refractivity contribution in [3.63, 3.8) is 0 Å². The lowest BCUT2D eigenvalue weighted by molar-refractivity contribution is -0.134. The van der Waals surface area contributed by atoms with Crippen LogP contribution < -0.4 is 5.73 Å². The van der Waals surface area contributed by atoms with Gasteiger partial charge >= 0.3 is 0 Å². The van der Waals surface area contributed by atoms with Crippen molar-refractivity contribution in [2.24, 2.45) is 5.73 Å². The molecular weight excluding hydrogens is 216 g/mol. The molecule has 0 aromatic carbocycles. The van der Waals surface area contributed by atoms with Crippen molar-refractivity contribution in [2.75, 3.05) is 20.7 Å². The Morgan fingerprint density at radius 1 is 1.35 bits per heavy atom. The highest BCUT2D eigenvalue weighted by molar-refractivity contribution is 5.76. The molecule has 4 heteroatoms. The lowest BCUT2D eigenvalue weighted by Crippen LogP contribution is -2.39. The highest BCUT2D eigenvalue weighted by Crippen LogP contribution is 2.21. The fraction of sp³-hybridized carbons (Fsp3) is 0.923. The van der Waals surface area contributed by atoms with E-state index in [1.165, 1.54) is 25.7 Å². The predicted octanol–water partition coefficient (Wildman–Crippen LogP) is 1.53. The van der Waals surface area contributed by atoms with Crippen LogP contribution in [-0.2, 0) is 9.53 Å². The van der Waals surface area contributed by atoms with Crippen molar-refractivity contribution in [1.29, 1.82) is 0 Å². The van der Waals surface area contributed by atoms with Gasteiger partial charge in [-0.15, -0.1) is 0 Å². The van der Waals surface area contributed by atoms with Gasteiger partial charge in [0, 0.05) is 26.7 Å². The SMILES string of the molecule is COC(CN)CC(=O)N(C)C1CCCCCC1. The fourth-order valence-corrected chi connectivity index (χ4v) is 2.45. The number of rotatable bonds is 5. The Balaban J connectivity index is 2.43. The maximum absolute atomic E-state index is 12.1. The molecule has 0 aromatic rings. The average molecular weight is 242 g/mol. The van der Waals surface area contributed by atoms with Crippen molar-refractivity contribution >= 4 is 5.91 Å². The molecule has 0 aliphatic heterocycles. The zero-order valence-electron chi connectivity index (χ0n) is 11.2. The Hall–Kier alpha value is -0.610. The van der Waals surface area contributed by atoms with Crippen LogP contribution in [0.1, 0.15) is 44.9 Å². The van der Waals surface area contributed by atoms with E-state index in [1.54, 1.807) is 7.11 Å². The van der Waals surface area contributed by atoms with Crippen molar-refractivity contribution in [3.8, 4) is 0 Å². The molecule has 2 N–H and O–H groups in total. The lowest BCUT2D eigenvalue weighted by atomic mass is 10.1. The zero-order chi connectivity index (χ0) is 12.7. The molecule has 1 unspecified atom stereocenters. The molecule has 0 heterocycles. The van der Waals surface area contributed by atoms with E-state index in [2.05, 4.69) is 0 Å². The summed E-state index contributed by atoms with van der Waals surface area (Å²) in [5, 5.41) is 0. The van der Waals surface area contributed by atoms with Crippen LogP contribution in [0.25, 0.3) is 0 Å². The quantitative estimate of drug-likeness (QED) is 0.744. The summed E-state index contributed by atoms with van der Waals surface area (Å²) in [6.45, 7) is 0.404. The van der Waals surface area contributed by atoms with Crippen molar-refractivity contribution in [2.45, 2.75) is 57.1 Å². The third kappa shape index (κ3) is 4.64. The molecule has 0 saturated heterocycles. The number of ether oxygens (including phenoxy) is 1. The van der Waals surface area contributed by atoms with Gasteiger partial charge in [-0.05, 0) is 12.8 Å². The smallest absolute Gasteiger partial charge is 0.225 e. The molecule has 1 saturated carbocycles. The molecule has 1 rings (SSSR count). The van der Waals surface area contributed by atoms with E-state index in [9.17, 15) is 4.79 Å². The van der Waals surface area contributed by atoms with Crippen molar-refractivity contribution < 1.29 is 9.53 Å². The fourth-order valence-electron chi connectivity index (χ4n) is 2.45. The molecule has 1 aliphatic carbocycles. The van der Waals surface area contributed by atoms with Gasteiger partial charge in [0.15, 0.2) is 0 Å².